The molecule has 2 N–H and O–H groups in total. The Morgan fingerprint density at radius 3 is 2.81 bits per heavy atom. The Balaban J connectivity index is 1.50. The summed E-state index contributed by atoms with van der Waals surface area (Å²) in [5.41, 5.74) is 3.40. The number of nitrogens with one attached hydrogen (secondary N) is 2. The van der Waals surface area contributed by atoms with E-state index in [0.717, 1.165) is 40.7 Å². The van der Waals surface area contributed by atoms with Crippen molar-refractivity contribution in [1.29, 1.82) is 0 Å². The molecule has 3 heterocycles. The number of fused-ring (bicyclic) bond motifs is 2. The van der Waals surface area contributed by atoms with E-state index in [0.29, 0.717) is 17.4 Å². The number of hydrogen-bond acceptors (Lipinski definition) is 3. The van der Waals surface area contributed by atoms with Crippen LogP contribution < -0.4 is 0 Å². The normalized spacial score (nSPS) is 17.4. The highest BCUT2D eigenvalue weighted by molar-refractivity contribution is 6.31. The van der Waals surface area contributed by atoms with E-state index in [1.165, 1.54) is 0 Å². The molecule has 0 spiro atoms. The van der Waals surface area contributed by atoms with Gasteiger partial charge in [0.15, 0.2) is 5.82 Å². The van der Waals surface area contributed by atoms with Gasteiger partial charge in [-0.15, -0.1) is 0 Å². The number of imidazole rings is 2. The molecule has 1 atom stereocenters. The Hall–Kier alpha value is -2.86. The van der Waals surface area contributed by atoms with Crippen molar-refractivity contribution in [3.63, 3.8) is 0 Å². The van der Waals surface area contributed by atoms with Crippen molar-refractivity contribution in [2.24, 2.45) is 0 Å². The fraction of sp³-hybridized carbons (Fsp3) is 0.211. The number of carbonyl (C=O) groups excluding carboxylic acids is 1. The summed E-state index contributed by atoms with van der Waals surface area (Å²) in [5.74, 6) is 1.07. The van der Waals surface area contributed by atoms with Crippen molar-refractivity contribution >= 4 is 39.6 Å². The third-order valence-corrected chi connectivity index (χ3v) is 5.12. The number of nitrogens with zero attached hydrogens (tertiary/aromatic N) is 3. The van der Waals surface area contributed by atoms with Crippen LogP contribution in [0.3, 0.4) is 0 Å². The Labute approximate surface area is 154 Å². The molecule has 1 amide bonds. The van der Waals surface area contributed by atoms with Crippen LogP contribution in [0.2, 0.25) is 5.02 Å². The van der Waals surface area contributed by atoms with Crippen molar-refractivity contribution in [1.82, 2.24) is 24.8 Å². The first kappa shape index (κ1) is 15.4. The molecule has 1 aliphatic heterocycles. The minimum atomic E-state index is -0.0952. The lowest BCUT2D eigenvalue weighted by Gasteiger charge is -2.22. The molecule has 0 unspecified atom stereocenters. The first-order chi connectivity index (χ1) is 12.7. The number of carbonyl (C=O) groups is 1. The highest BCUT2D eigenvalue weighted by atomic mass is 35.5. The first-order valence-corrected chi connectivity index (χ1v) is 8.98. The van der Waals surface area contributed by atoms with E-state index in [2.05, 4.69) is 19.9 Å². The topological polar surface area (TPSA) is 77.7 Å². The lowest BCUT2D eigenvalue weighted by molar-refractivity contribution is 0.0719. The van der Waals surface area contributed by atoms with Gasteiger partial charge in [0.25, 0.3) is 5.91 Å². The average molecular weight is 366 g/mol. The fourth-order valence-corrected chi connectivity index (χ4v) is 3.82. The highest BCUT2D eigenvalue weighted by Crippen LogP contribution is 2.33. The van der Waals surface area contributed by atoms with Gasteiger partial charge in [-0.25, -0.2) is 9.97 Å². The molecular weight excluding hydrogens is 350 g/mol. The second kappa shape index (κ2) is 5.85. The summed E-state index contributed by atoms with van der Waals surface area (Å²) in [5, 5.41) is 0.661. The quantitative estimate of drug-likeness (QED) is 0.562. The van der Waals surface area contributed by atoms with Gasteiger partial charge in [-0.1, -0.05) is 23.7 Å². The number of likely N-dealkylation sites (tertiary alicyclic amines) is 1. The lowest BCUT2D eigenvalue weighted by atomic mass is 10.2. The van der Waals surface area contributed by atoms with Gasteiger partial charge in [0, 0.05) is 11.6 Å². The van der Waals surface area contributed by atoms with Gasteiger partial charge in [0.2, 0.25) is 0 Å². The van der Waals surface area contributed by atoms with Gasteiger partial charge in [0.05, 0.1) is 28.1 Å². The van der Waals surface area contributed by atoms with Gasteiger partial charge in [0.1, 0.15) is 5.82 Å². The molecule has 0 radical (unpaired) electrons. The number of amides is 1. The lowest BCUT2D eigenvalue weighted by Crippen LogP contribution is -2.31. The maximum atomic E-state index is 13.0. The summed E-state index contributed by atoms with van der Waals surface area (Å²) in [6.07, 6.45) is 1.81. The van der Waals surface area contributed by atoms with Crippen molar-refractivity contribution in [3.05, 3.63) is 59.1 Å². The van der Waals surface area contributed by atoms with Crippen LogP contribution in [0.25, 0.3) is 22.1 Å². The molecule has 7 heteroatoms. The van der Waals surface area contributed by atoms with Crippen LogP contribution in [0.5, 0.6) is 0 Å². The third kappa shape index (κ3) is 2.45. The SMILES string of the molecule is O=C(c1nc2ccccc2[nH]1)N1CCC[C@H]1c1nc2ccc(Cl)cc2[nH]1. The summed E-state index contributed by atoms with van der Waals surface area (Å²) in [6.45, 7) is 0.693. The highest BCUT2D eigenvalue weighted by Gasteiger charge is 2.34. The Morgan fingerprint density at radius 1 is 1.08 bits per heavy atom. The number of aromatic amines is 2. The molecular formula is C19H16ClN5O. The van der Waals surface area contributed by atoms with Crippen LogP contribution in [-0.4, -0.2) is 37.3 Å². The Bertz CT molecular complexity index is 1100. The van der Waals surface area contributed by atoms with Crippen molar-refractivity contribution in [3.8, 4) is 0 Å². The fourth-order valence-electron chi connectivity index (χ4n) is 3.64. The molecule has 26 heavy (non-hydrogen) atoms. The smallest absolute Gasteiger partial charge is 0.290 e. The Morgan fingerprint density at radius 2 is 1.92 bits per heavy atom. The van der Waals surface area contributed by atoms with E-state index in [-0.39, 0.29) is 11.9 Å². The molecule has 0 aliphatic carbocycles. The summed E-state index contributed by atoms with van der Waals surface area (Å²) < 4.78 is 0. The van der Waals surface area contributed by atoms with Crippen LogP contribution in [-0.2, 0) is 0 Å². The largest absolute Gasteiger partial charge is 0.340 e. The van der Waals surface area contributed by atoms with Gasteiger partial charge >= 0.3 is 0 Å². The molecule has 1 saturated heterocycles. The van der Waals surface area contributed by atoms with Crippen molar-refractivity contribution < 1.29 is 4.79 Å². The molecule has 0 bridgehead atoms. The molecule has 0 saturated carbocycles. The van der Waals surface area contributed by atoms with Gasteiger partial charge in [-0.3, -0.25) is 4.79 Å². The third-order valence-electron chi connectivity index (χ3n) is 4.88. The van der Waals surface area contributed by atoms with Gasteiger partial charge < -0.3 is 14.9 Å². The summed E-state index contributed by atoms with van der Waals surface area (Å²) in [7, 11) is 0. The van der Waals surface area contributed by atoms with E-state index in [9.17, 15) is 4.79 Å². The van der Waals surface area contributed by atoms with E-state index in [4.69, 9.17) is 11.6 Å². The molecule has 5 rings (SSSR count). The maximum Gasteiger partial charge on any atom is 0.290 e. The molecule has 1 fully saturated rings. The van der Waals surface area contributed by atoms with Crippen LogP contribution >= 0.6 is 11.6 Å². The zero-order chi connectivity index (χ0) is 17.7. The number of H-pyrrole nitrogens is 2. The number of rotatable bonds is 2. The molecule has 4 aromatic rings. The predicted octanol–water partition coefficient (Wildman–Crippen LogP) is 4.07. The summed E-state index contributed by atoms with van der Waals surface area (Å²) >= 11 is 6.06. The number of aromatic nitrogens is 4. The monoisotopic (exact) mass is 365 g/mol. The van der Waals surface area contributed by atoms with Crippen molar-refractivity contribution in [2.75, 3.05) is 6.54 Å². The predicted molar refractivity (Wildman–Crippen MR) is 100 cm³/mol. The average Bonchev–Trinajstić information content (AvgIpc) is 3.36. The van der Waals surface area contributed by atoms with E-state index in [1.54, 1.807) is 0 Å². The van der Waals surface area contributed by atoms with E-state index in [1.807, 2.05) is 47.4 Å². The number of para-hydroxylation sites is 2. The van der Waals surface area contributed by atoms with Gasteiger partial charge in [-0.2, -0.15) is 0 Å². The summed E-state index contributed by atoms with van der Waals surface area (Å²) in [6, 6.07) is 13.1. The minimum absolute atomic E-state index is 0.0816. The Kier molecular flexibility index (Phi) is 3.46. The second-order valence-corrected chi connectivity index (χ2v) is 6.98. The maximum absolute atomic E-state index is 13.0. The van der Waals surface area contributed by atoms with Crippen LogP contribution in [0.15, 0.2) is 42.5 Å². The number of halogens is 1. The molecule has 1 aliphatic rings. The van der Waals surface area contributed by atoms with Crippen LogP contribution in [0.1, 0.15) is 35.3 Å². The van der Waals surface area contributed by atoms with E-state index < -0.39 is 0 Å². The zero-order valence-electron chi connectivity index (χ0n) is 13.9. The number of benzene rings is 2. The van der Waals surface area contributed by atoms with Crippen molar-refractivity contribution in [2.45, 2.75) is 18.9 Å². The van der Waals surface area contributed by atoms with Crippen LogP contribution in [0, 0.1) is 0 Å². The number of hydrogen-bond donors (Lipinski definition) is 2. The van der Waals surface area contributed by atoms with E-state index >= 15 is 0 Å². The molecule has 2 aromatic heterocycles. The molecule has 2 aromatic carbocycles. The second-order valence-electron chi connectivity index (χ2n) is 6.54. The zero-order valence-corrected chi connectivity index (χ0v) is 14.6. The molecule has 130 valence electrons. The van der Waals surface area contributed by atoms with Crippen LogP contribution in [0.4, 0.5) is 0 Å². The molecule has 6 nitrogen and oxygen atoms in total. The minimum Gasteiger partial charge on any atom is -0.340 e. The standard InChI is InChI=1S/C19H16ClN5O/c20-11-7-8-14-15(10-11)24-17(21-14)16-6-3-9-25(16)19(26)18-22-12-4-1-2-5-13(12)23-18/h1-2,4-5,7-8,10,16H,3,6,9H2,(H,21,24)(H,22,23)/t16-/m0/s1. The first-order valence-electron chi connectivity index (χ1n) is 8.60. The summed E-state index contributed by atoms with van der Waals surface area (Å²) in [4.78, 5) is 30.4. The van der Waals surface area contributed by atoms with Gasteiger partial charge in [-0.05, 0) is 43.2 Å².